The van der Waals surface area contributed by atoms with E-state index in [2.05, 4.69) is 43.3 Å². The molecule has 3 heteroatoms. The third-order valence-corrected chi connectivity index (χ3v) is 4.11. The lowest BCUT2D eigenvalue weighted by atomic mass is 10.0. The molecule has 3 nitrogen and oxygen atoms in total. The monoisotopic (exact) mass is 318 g/mol. The van der Waals surface area contributed by atoms with Crippen molar-refractivity contribution < 1.29 is 4.74 Å². The van der Waals surface area contributed by atoms with E-state index < -0.39 is 0 Å². The van der Waals surface area contributed by atoms with Crippen molar-refractivity contribution in [3.05, 3.63) is 77.9 Å². The summed E-state index contributed by atoms with van der Waals surface area (Å²) >= 11 is 0. The van der Waals surface area contributed by atoms with Crippen LogP contribution in [0.15, 0.2) is 66.7 Å². The summed E-state index contributed by atoms with van der Waals surface area (Å²) in [7, 11) is 0. The molecule has 0 spiro atoms. The van der Waals surface area contributed by atoms with Crippen molar-refractivity contribution in [1.29, 1.82) is 0 Å². The number of ether oxygens (including phenoxy) is 1. The van der Waals surface area contributed by atoms with Crippen LogP contribution in [0.3, 0.4) is 0 Å². The molecule has 0 radical (unpaired) electrons. The molecule has 24 heavy (non-hydrogen) atoms. The number of rotatable bonds is 5. The Morgan fingerprint density at radius 3 is 2.04 bits per heavy atom. The van der Waals surface area contributed by atoms with E-state index in [1.54, 1.807) is 12.1 Å². The molecule has 0 aromatic heterocycles. The van der Waals surface area contributed by atoms with Crippen molar-refractivity contribution in [3.63, 3.8) is 0 Å². The zero-order chi connectivity index (χ0) is 16.9. The van der Waals surface area contributed by atoms with E-state index >= 15 is 0 Å². The van der Waals surface area contributed by atoms with Crippen LogP contribution in [0.5, 0.6) is 5.75 Å². The van der Waals surface area contributed by atoms with Gasteiger partial charge in [0.1, 0.15) is 12.4 Å². The Hall–Kier alpha value is -2.94. The van der Waals surface area contributed by atoms with Gasteiger partial charge in [-0.2, -0.15) is 0 Å². The summed E-state index contributed by atoms with van der Waals surface area (Å²) < 4.78 is 5.82. The summed E-state index contributed by atoms with van der Waals surface area (Å²) in [6.07, 6.45) is 1.06. The van der Waals surface area contributed by atoms with Gasteiger partial charge in [0.05, 0.1) is 0 Å². The first kappa shape index (κ1) is 15.9. The molecule has 0 heterocycles. The number of nitrogens with two attached hydrogens (primary N) is 2. The number of aryl methyl sites for hydroxylation is 1. The lowest BCUT2D eigenvalue weighted by Crippen LogP contribution is -2.01. The zero-order valence-electron chi connectivity index (χ0n) is 13.8. The Morgan fingerprint density at radius 2 is 1.42 bits per heavy atom. The van der Waals surface area contributed by atoms with Crippen LogP contribution in [0.4, 0.5) is 11.4 Å². The van der Waals surface area contributed by atoms with Gasteiger partial charge in [0.2, 0.25) is 0 Å². The van der Waals surface area contributed by atoms with Crippen LogP contribution in [-0.2, 0) is 13.0 Å². The molecule has 4 N–H and O–H groups in total. The summed E-state index contributed by atoms with van der Waals surface area (Å²) in [5.74, 6) is 0.811. The van der Waals surface area contributed by atoms with Crippen molar-refractivity contribution in [3.8, 4) is 16.9 Å². The van der Waals surface area contributed by atoms with Crippen molar-refractivity contribution in [2.75, 3.05) is 11.5 Å². The number of hydrogen-bond acceptors (Lipinski definition) is 3. The SMILES string of the molecule is CCc1ccc(-c2ccc(OCc3cc(N)ccc3N)cc2)cc1. The van der Waals surface area contributed by atoms with Gasteiger partial charge in [0, 0.05) is 16.9 Å². The van der Waals surface area contributed by atoms with Crippen LogP contribution in [0, 0.1) is 0 Å². The standard InChI is InChI=1S/C21H22N2O/c1-2-15-3-5-16(6-4-15)17-7-10-20(11-8-17)24-14-18-13-19(22)9-12-21(18)23/h3-13H,2,14,22-23H2,1H3. The minimum absolute atomic E-state index is 0.404. The fourth-order valence-electron chi connectivity index (χ4n) is 2.59. The quantitative estimate of drug-likeness (QED) is 0.673. The van der Waals surface area contributed by atoms with Crippen molar-refractivity contribution in [2.24, 2.45) is 0 Å². The second-order valence-corrected chi connectivity index (χ2v) is 5.82. The molecule has 0 unspecified atom stereocenters. The Morgan fingerprint density at radius 1 is 0.792 bits per heavy atom. The topological polar surface area (TPSA) is 61.3 Å². The normalized spacial score (nSPS) is 10.5. The molecule has 0 saturated heterocycles. The predicted octanol–water partition coefficient (Wildman–Crippen LogP) is 4.66. The Balaban J connectivity index is 1.69. The van der Waals surface area contributed by atoms with Gasteiger partial charge >= 0.3 is 0 Å². The van der Waals surface area contributed by atoms with Crippen LogP contribution in [0.25, 0.3) is 11.1 Å². The van der Waals surface area contributed by atoms with Gasteiger partial charge in [0.15, 0.2) is 0 Å². The van der Waals surface area contributed by atoms with E-state index in [4.69, 9.17) is 16.2 Å². The summed E-state index contributed by atoms with van der Waals surface area (Å²) in [6, 6.07) is 22.2. The van der Waals surface area contributed by atoms with Gasteiger partial charge < -0.3 is 16.2 Å². The minimum atomic E-state index is 0.404. The first-order chi connectivity index (χ1) is 11.7. The second-order valence-electron chi connectivity index (χ2n) is 5.82. The molecular formula is C21H22N2O. The molecule has 0 aliphatic heterocycles. The minimum Gasteiger partial charge on any atom is -0.489 e. The lowest BCUT2D eigenvalue weighted by Gasteiger charge is -2.10. The molecule has 0 amide bonds. The van der Waals surface area contributed by atoms with Crippen LogP contribution in [0.2, 0.25) is 0 Å². The molecule has 0 saturated carbocycles. The number of hydrogen-bond donors (Lipinski definition) is 2. The maximum atomic E-state index is 5.94. The smallest absolute Gasteiger partial charge is 0.119 e. The highest BCUT2D eigenvalue weighted by molar-refractivity contribution is 5.64. The zero-order valence-corrected chi connectivity index (χ0v) is 13.8. The highest BCUT2D eigenvalue weighted by atomic mass is 16.5. The van der Waals surface area contributed by atoms with Gasteiger partial charge in [-0.15, -0.1) is 0 Å². The third-order valence-electron chi connectivity index (χ3n) is 4.11. The van der Waals surface area contributed by atoms with Crippen molar-refractivity contribution in [2.45, 2.75) is 20.0 Å². The summed E-state index contributed by atoms with van der Waals surface area (Å²) in [4.78, 5) is 0. The van der Waals surface area contributed by atoms with Crippen molar-refractivity contribution in [1.82, 2.24) is 0 Å². The first-order valence-electron chi connectivity index (χ1n) is 8.12. The van der Waals surface area contributed by atoms with E-state index in [1.165, 1.54) is 16.7 Å². The highest BCUT2D eigenvalue weighted by Gasteiger charge is 2.03. The fourth-order valence-corrected chi connectivity index (χ4v) is 2.59. The molecule has 3 aromatic carbocycles. The predicted molar refractivity (Wildman–Crippen MR) is 101 cm³/mol. The van der Waals surface area contributed by atoms with Crippen molar-refractivity contribution >= 4 is 11.4 Å². The van der Waals surface area contributed by atoms with Gasteiger partial charge in [-0.1, -0.05) is 43.3 Å². The largest absolute Gasteiger partial charge is 0.489 e. The maximum absolute atomic E-state index is 5.94. The van der Waals surface area contributed by atoms with Gasteiger partial charge in [-0.05, 0) is 53.4 Å². The fraction of sp³-hybridized carbons (Fsp3) is 0.143. The van der Waals surface area contributed by atoms with Gasteiger partial charge in [-0.25, -0.2) is 0 Å². The molecule has 3 rings (SSSR count). The average molecular weight is 318 g/mol. The maximum Gasteiger partial charge on any atom is 0.119 e. The van der Waals surface area contributed by atoms with Crippen LogP contribution in [0.1, 0.15) is 18.1 Å². The van der Waals surface area contributed by atoms with Gasteiger partial charge in [0.25, 0.3) is 0 Å². The third kappa shape index (κ3) is 3.69. The van der Waals surface area contributed by atoms with E-state index in [-0.39, 0.29) is 0 Å². The summed E-state index contributed by atoms with van der Waals surface area (Å²) in [5.41, 5.74) is 17.7. The van der Waals surface area contributed by atoms with Crippen LogP contribution in [-0.4, -0.2) is 0 Å². The Labute approximate surface area is 142 Å². The Bertz CT molecular complexity index is 808. The molecule has 0 aliphatic rings. The second kappa shape index (κ2) is 7.09. The molecule has 0 aliphatic carbocycles. The van der Waals surface area contributed by atoms with E-state index in [1.807, 2.05) is 18.2 Å². The lowest BCUT2D eigenvalue weighted by molar-refractivity contribution is 0.307. The molecule has 0 bridgehead atoms. The van der Waals surface area contributed by atoms with E-state index in [0.29, 0.717) is 18.0 Å². The molecule has 0 atom stereocenters. The average Bonchev–Trinajstić information content (AvgIpc) is 2.63. The molecular weight excluding hydrogens is 296 g/mol. The summed E-state index contributed by atoms with van der Waals surface area (Å²) in [6.45, 7) is 2.57. The Kier molecular flexibility index (Phi) is 4.71. The molecule has 122 valence electrons. The number of anilines is 2. The number of nitrogen functional groups attached to an aromatic ring is 2. The van der Waals surface area contributed by atoms with Crippen LogP contribution >= 0.6 is 0 Å². The molecule has 0 fully saturated rings. The number of benzene rings is 3. The van der Waals surface area contributed by atoms with E-state index in [0.717, 1.165) is 17.7 Å². The molecule has 3 aromatic rings. The summed E-state index contributed by atoms with van der Waals surface area (Å²) in [5, 5.41) is 0. The highest BCUT2D eigenvalue weighted by Crippen LogP contribution is 2.24. The first-order valence-corrected chi connectivity index (χ1v) is 8.12. The van der Waals surface area contributed by atoms with E-state index in [9.17, 15) is 0 Å². The van der Waals surface area contributed by atoms with Gasteiger partial charge in [-0.3, -0.25) is 0 Å². The van der Waals surface area contributed by atoms with Crippen LogP contribution < -0.4 is 16.2 Å².